The number of primary amides is 1. The van der Waals surface area contributed by atoms with Crippen LogP contribution in [0.5, 0.6) is 0 Å². The second-order valence-corrected chi connectivity index (χ2v) is 8.08. The van der Waals surface area contributed by atoms with Crippen molar-refractivity contribution in [2.45, 2.75) is 55.2 Å². The van der Waals surface area contributed by atoms with Gasteiger partial charge in [0.1, 0.15) is 5.82 Å². The van der Waals surface area contributed by atoms with Gasteiger partial charge in [-0.3, -0.25) is 9.59 Å². The van der Waals surface area contributed by atoms with Crippen LogP contribution in [0, 0.1) is 0 Å². The predicted octanol–water partition coefficient (Wildman–Crippen LogP) is 3.17. The number of alkyl halides is 3. The van der Waals surface area contributed by atoms with E-state index in [4.69, 9.17) is 5.73 Å². The van der Waals surface area contributed by atoms with Gasteiger partial charge in [-0.2, -0.15) is 13.2 Å². The topological polar surface area (TPSA) is 103 Å². The largest absolute Gasteiger partial charge is 0.418 e. The highest BCUT2D eigenvalue weighted by molar-refractivity contribution is 8.00. The number of carbonyl (C=O) groups excluding carboxylic acids is 2. The fourth-order valence-electron chi connectivity index (χ4n) is 2.75. The van der Waals surface area contributed by atoms with Crippen molar-refractivity contribution in [1.82, 2.24) is 14.8 Å². The molecule has 0 radical (unpaired) electrons. The molecule has 1 atom stereocenters. The van der Waals surface area contributed by atoms with Crippen LogP contribution in [-0.2, 0) is 22.3 Å². The Hall–Kier alpha value is -2.56. The van der Waals surface area contributed by atoms with E-state index < -0.39 is 28.8 Å². The van der Waals surface area contributed by atoms with Gasteiger partial charge in [0.05, 0.1) is 16.5 Å². The van der Waals surface area contributed by atoms with E-state index in [2.05, 4.69) is 15.5 Å². The second kappa shape index (κ2) is 8.44. The van der Waals surface area contributed by atoms with Crippen LogP contribution < -0.4 is 11.1 Å². The van der Waals surface area contributed by atoms with Gasteiger partial charge < -0.3 is 15.6 Å². The lowest BCUT2D eigenvalue weighted by atomic mass is 10.1. The molecule has 156 valence electrons. The molecule has 3 rings (SSSR count). The van der Waals surface area contributed by atoms with Gasteiger partial charge >= 0.3 is 6.18 Å². The number of hydrogen-bond acceptors (Lipinski definition) is 5. The van der Waals surface area contributed by atoms with Gasteiger partial charge in [-0.25, -0.2) is 0 Å². The molecular formula is C18H20F3N5O2S. The zero-order chi connectivity index (χ0) is 21.2. The van der Waals surface area contributed by atoms with Crippen molar-refractivity contribution in [1.29, 1.82) is 0 Å². The van der Waals surface area contributed by atoms with Crippen molar-refractivity contribution in [3.8, 4) is 0 Å². The van der Waals surface area contributed by atoms with Crippen LogP contribution in [0.3, 0.4) is 0 Å². The summed E-state index contributed by atoms with van der Waals surface area (Å²) in [6.45, 7) is 1.86. The van der Waals surface area contributed by atoms with Crippen molar-refractivity contribution in [3.63, 3.8) is 0 Å². The maximum atomic E-state index is 13.1. The summed E-state index contributed by atoms with van der Waals surface area (Å²) in [4.78, 5) is 23.6. The van der Waals surface area contributed by atoms with Crippen molar-refractivity contribution >= 4 is 29.3 Å². The molecule has 11 heteroatoms. The number of amides is 2. The lowest BCUT2D eigenvalue weighted by molar-refractivity contribution is -0.137. The molecule has 2 amide bonds. The molecule has 0 spiro atoms. The summed E-state index contributed by atoms with van der Waals surface area (Å²) in [7, 11) is 0. The molecule has 2 aromatic rings. The highest BCUT2D eigenvalue weighted by atomic mass is 32.2. The normalized spacial score (nSPS) is 15.2. The smallest absolute Gasteiger partial charge is 0.370 e. The summed E-state index contributed by atoms with van der Waals surface area (Å²) in [5.74, 6) is -0.0497. The van der Waals surface area contributed by atoms with Crippen LogP contribution in [-0.4, -0.2) is 31.8 Å². The molecule has 1 unspecified atom stereocenters. The Kier molecular flexibility index (Phi) is 6.15. The first-order valence-electron chi connectivity index (χ1n) is 9.02. The monoisotopic (exact) mass is 427 g/mol. The van der Waals surface area contributed by atoms with Gasteiger partial charge in [0.15, 0.2) is 5.16 Å². The van der Waals surface area contributed by atoms with Gasteiger partial charge in [0.2, 0.25) is 11.8 Å². The maximum Gasteiger partial charge on any atom is 0.418 e. The molecule has 0 aliphatic heterocycles. The number of anilines is 1. The Bertz CT molecular complexity index is 911. The highest BCUT2D eigenvalue weighted by Crippen LogP contribution is 2.40. The third-order valence-corrected chi connectivity index (χ3v) is 5.49. The van der Waals surface area contributed by atoms with E-state index in [0.717, 1.165) is 36.5 Å². The predicted molar refractivity (Wildman–Crippen MR) is 101 cm³/mol. The van der Waals surface area contributed by atoms with Crippen LogP contribution in [0.4, 0.5) is 18.9 Å². The molecule has 7 nitrogen and oxygen atoms in total. The molecule has 1 heterocycles. The number of rotatable bonds is 8. The average molecular weight is 427 g/mol. The van der Waals surface area contributed by atoms with E-state index in [9.17, 15) is 22.8 Å². The average Bonchev–Trinajstić information content (AvgIpc) is 3.41. The van der Waals surface area contributed by atoms with Crippen LogP contribution in [0.1, 0.15) is 43.5 Å². The van der Waals surface area contributed by atoms with E-state index in [1.807, 2.05) is 0 Å². The molecule has 1 fully saturated rings. The van der Waals surface area contributed by atoms with E-state index in [-0.39, 0.29) is 18.0 Å². The van der Waals surface area contributed by atoms with Crippen molar-refractivity contribution in [2.24, 2.45) is 5.73 Å². The Balaban J connectivity index is 1.73. The Morgan fingerprint density at radius 3 is 2.62 bits per heavy atom. The molecule has 1 aromatic heterocycles. The second-order valence-electron chi connectivity index (χ2n) is 6.78. The van der Waals surface area contributed by atoms with E-state index in [0.29, 0.717) is 11.7 Å². The zero-order valence-electron chi connectivity index (χ0n) is 15.6. The van der Waals surface area contributed by atoms with E-state index in [1.54, 1.807) is 11.5 Å². The Morgan fingerprint density at radius 1 is 1.31 bits per heavy atom. The van der Waals surface area contributed by atoms with Crippen LogP contribution >= 0.6 is 11.8 Å². The zero-order valence-corrected chi connectivity index (χ0v) is 16.4. The van der Waals surface area contributed by atoms with Crippen molar-refractivity contribution in [3.05, 3.63) is 35.7 Å². The molecule has 0 saturated heterocycles. The third-order valence-electron chi connectivity index (χ3n) is 4.41. The lowest BCUT2D eigenvalue weighted by Gasteiger charge is -2.16. The SMILES string of the molecule is CC(Sc1nnc(C2CC2)n1CCC(N)=O)C(=O)Nc1ccccc1C(F)(F)F. The van der Waals surface area contributed by atoms with Crippen LogP contribution in [0.15, 0.2) is 29.4 Å². The van der Waals surface area contributed by atoms with E-state index >= 15 is 0 Å². The minimum atomic E-state index is -4.58. The summed E-state index contributed by atoms with van der Waals surface area (Å²) in [5.41, 5.74) is 4.02. The summed E-state index contributed by atoms with van der Waals surface area (Å²) in [5, 5.41) is 10.3. The molecule has 3 N–H and O–H groups in total. The molecule has 29 heavy (non-hydrogen) atoms. The summed E-state index contributed by atoms with van der Waals surface area (Å²) >= 11 is 1.07. The van der Waals surface area contributed by atoms with Gasteiger partial charge in [-0.1, -0.05) is 23.9 Å². The fourth-order valence-corrected chi connectivity index (χ4v) is 3.63. The van der Waals surface area contributed by atoms with Gasteiger partial charge in [0, 0.05) is 18.9 Å². The summed E-state index contributed by atoms with van der Waals surface area (Å²) < 4.78 is 41.1. The lowest BCUT2D eigenvalue weighted by Crippen LogP contribution is -2.25. The number of halogens is 3. The number of nitrogens with one attached hydrogen (secondary N) is 1. The third kappa shape index (κ3) is 5.28. The summed E-state index contributed by atoms with van der Waals surface area (Å²) in [6.07, 6.45) is -2.52. The Morgan fingerprint density at radius 2 is 2.00 bits per heavy atom. The van der Waals surface area contributed by atoms with E-state index in [1.165, 1.54) is 18.2 Å². The van der Waals surface area contributed by atoms with Crippen molar-refractivity contribution < 1.29 is 22.8 Å². The standard InChI is InChI=1S/C18H20F3N5O2S/c1-10(16(28)23-13-5-3-2-4-12(13)18(19,20)21)29-17-25-24-15(11-6-7-11)26(17)9-8-14(22)27/h2-5,10-11H,6-9H2,1H3,(H2,22,27)(H,23,28). The number of para-hydroxylation sites is 1. The molecule has 1 saturated carbocycles. The molecule has 1 aromatic carbocycles. The highest BCUT2D eigenvalue weighted by Gasteiger charge is 2.34. The Labute approximate surface area is 169 Å². The quantitative estimate of drug-likeness (QED) is 0.630. The number of thioether (sulfide) groups is 1. The minimum absolute atomic E-state index is 0.102. The number of nitrogens with zero attached hydrogens (tertiary/aromatic N) is 3. The maximum absolute atomic E-state index is 13.1. The molecule has 1 aliphatic carbocycles. The number of nitrogens with two attached hydrogens (primary N) is 1. The first kappa shape index (κ1) is 21.2. The molecule has 0 bridgehead atoms. The first-order chi connectivity index (χ1) is 13.7. The van der Waals surface area contributed by atoms with Gasteiger partial charge in [0.25, 0.3) is 0 Å². The molecular weight excluding hydrogens is 407 g/mol. The first-order valence-corrected chi connectivity index (χ1v) is 9.90. The number of aromatic nitrogens is 3. The van der Waals surface area contributed by atoms with Crippen molar-refractivity contribution in [2.75, 3.05) is 5.32 Å². The molecule has 1 aliphatic rings. The minimum Gasteiger partial charge on any atom is -0.370 e. The van der Waals surface area contributed by atoms with Gasteiger partial charge in [-0.05, 0) is 31.9 Å². The van der Waals surface area contributed by atoms with Crippen LogP contribution in [0.25, 0.3) is 0 Å². The van der Waals surface area contributed by atoms with Gasteiger partial charge in [-0.15, -0.1) is 10.2 Å². The number of carbonyl (C=O) groups is 2. The summed E-state index contributed by atoms with van der Waals surface area (Å²) in [6, 6.07) is 4.80. The van der Waals surface area contributed by atoms with Crippen LogP contribution in [0.2, 0.25) is 0 Å². The number of benzene rings is 1. The number of hydrogen-bond donors (Lipinski definition) is 2. The fraction of sp³-hybridized carbons (Fsp3) is 0.444.